The summed E-state index contributed by atoms with van der Waals surface area (Å²) >= 11 is 0. The quantitative estimate of drug-likeness (QED) is 0.321. The normalized spacial score (nSPS) is 11.4. The van der Waals surface area contributed by atoms with Crippen molar-refractivity contribution in [1.29, 1.82) is 0 Å². The molecule has 130 valence electrons. The summed E-state index contributed by atoms with van der Waals surface area (Å²) in [7, 11) is 4.81. The lowest BCUT2D eigenvalue weighted by atomic mass is 10.1. The number of hydrogen-bond acceptors (Lipinski definition) is 0. The van der Waals surface area contributed by atoms with Gasteiger partial charge in [-0.25, -0.2) is 0 Å². The smallest absolute Gasteiger partial charge is 0.0782 e. The summed E-state index contributed by atoms with van der Waals surface area (Å²) in [6.45, 7) is 7.33. The van der Waals surface area contributed by atoms with Crippen LogP contribution in [0.15, 0.2) is 0 Å². The largest absolute Gasteiger partial charge is 1.00 e. The van der Waals surface area contributed by atoms with Gasteiger partial charge in [0.25, 0.3) is 0 Å². The van der Waals surface area contributed by atoms with E-state index in [-0.39, 0.29) is 12.4 Å². The first-order valence-corrected chi connectivity index (χ1v) is 9.44. The Bertz CT molecular complexity index is 192. The Morgan fingerprint density at radius 3 is 1.19 bits per heavy atom. The fourth-order valence-corrected chi connectivity index (χ4v) is 2.93. The monoisotopic (exact) mass is 319 g/mol. The summed E-state index contributed by atoms with van der Waals surface area (Å²) in [6, 6.07) is 0. The zero-order valence-corrected chi connectivity index (χ0v) is 16.2. The number of quaternary nitrogens is 1. The highest BCUT2D eigenvalue weighted by atomic mass is 35.5. The molecule has 0 rings (SSSR count). The molecule has 0 aromatic rings. The number of unbranched alkanes of at least 4 members (excludes halogenated alkanes) is 11. The molecule has 0 bridgehead atoms. The summed E-state index contributed by atoms with van der Waals surface area (Å²) in [5.41, 5.74) is 0. The molecule has 21 heavy (non-hydrogen) atoms. The minimum atomic E-state index is 0. The minimum absolute atomic E-state index is 0. The molecule has 0 unspecified atom stereocenters. The Balaban J connectivity index is 0. The van der Waals surface area contributed by atoms with Crippen LogP contribution in [0, 0.1) is 0 Å². The van der Waals surface area contributed by atoms with Gasteiger partial charge in [-0.1, -0.05) is 71.6 Å². The molecule has 0 aliphatic heterocycles. The molecule has 0 heterocycles. The van der Waals surface area contributed by atoms with E-state index in [0.29, 0.717) is 0 Å². The average molecular weight is 320 g/mol. The molecule has 0 spiro atoms. The second-order valence-electron chi connectivity index (χ2n) is 7.27. The number of nitrogens with zero attached hydrogens (tertiary/aromatic N) is 1. The molecule has 2 heteroatoms. The van der Waals surface area contributed by atoms with Gasteiger partial charge in [0.2, 0.25) is 0 Å². The van der Waals surface area contributed by atoms with Crippen LogP contribution in [0.2, 0.25) is 0 Å². The average Bonchev–Trinajstić information content (AvgIpc) is 2.41. The minimum Gasteiger partial charge on any atom is -1.00 e. The maximum absolute atomic E-state index is 2.41. The van der Waals surface area contributed by atoms with Gasteiger partial charge in [0.15, 0.2) is 0 Å². The third-order valence-electron chi connectivity index (χ3n) is 4.48. The molecule has 0 N–H and O–H groups in total. The van der Waals surface area contributed by atoms with E-state index in [1.165, 1.54) is 101 Å². The van der Waals surface area contributed by atoms with E-state index in [4.69, 9.17) is 0 Å². The fraction of sp³-hybridized carbons (Fsp3) is 1.00. The van der Waals surface area contributed by atoms with Crippen molar-refractivity contribution in [2.45, 2.75) is 97.3 Å². The molecule has 0 aromatic carbocycles. The Kier molecular flexibility index (Phi) is 18.6. The lowest BCUT2D eigenvalue weighted by Crippen LogP contribution is -3.00. The Morgan fingerprint density at radius 1 is 0.476 bits per heavy atom. The van der Waals surface area contributed by atoms with Crippen LogP contribution in [0.4, 0.5) is 0 Å². The predicted octanol–water partition coefficient (Wildman–Crippen LogP) is 3.18. The van der Waals surface area contributed by atoms with E-state index in [1.807, 2.05) is 0 Å². The summed E-state index contributed by atoms with van der Waals surface area (Å²) < 4.78 is 1.23. The first-order valence-electron chi connectivity index (χ1n) is 9.44. The molecule has 0 fully saturated rings. The maximum atomic E-state index is 2.41. The molecule has 0 radical (unpaired) electrons. The third kappa shape index (κ3) is 18.2. The Morgan fingerprint density at radius 2 is 0.762 bits per heavy atom. The van der Waals surface area contributed by atoms with Gasteiger partial charge < -0.3 is 16.9 Å². The van der Waals surface area contributed by atoms with Gasteiger partial charge in [-0.05, 0) is 25.7 Å². The Hall–Kier alpha value is 0.250. The van der Waals surface area contributed by atoms with Crippen molar-refractivity contribution in [3.05, 3.63) is 0 Å². The molecule has 0 amide bonds. The second kappa shape index (κ2) is 16.6. The predicted molar refractivity (Wildman–Crippen MR) is 93.2 cm³/mol. The third-order valence-corrected chi connectivity index (χ3v) is 4.48. The van der Waals surface area contributed by atoms with E-state index in [0.717, 1.165) is 0 Å². The van der Waals surface area contributed by atoms with Crippen LogP contribution in [-0.4, -0.2) is 31.7 Å². The van der Waals surface area contributed by atoms with Crippen molar-refractivity contribution in [3.63, 3.8) is 0 Å². The topological polar surface area (TPSA) is 0 Å². The second-order valence-corrected chi connectivity index (χ2v) is 7.27. The summed E-state index contributed by atoms with van der Waals surface area (Å²) in [4.78, 5) is 0. The molecule has 0 saturated heterocycles. The Labute approximate surface area is 141 Å². The van der Waals surface area contributed by atoms with Gasteiger partial charge in [-0.2, -0.15) is 0 Å². The van der Waals surface area contributed by atoms with Crippen molar-refractivity contribution in [1.82, 2.24) is 0 Å². The van der Waals surface area contributed by atoms with Gasteiger partial charge in [0, 0.05) is 0 Å². The molecule has 0 aromatic heterocycles. The van der Waals surface area contributed by atoms with E-state index in [9.17, 15) is 0 Å². The van der Waals surface area contributed by atoms with Crippen LogP contribution in [0.1, 0.15) is 97.3 Å². The van der Waals surface area contributed by atoms with Crippen LogP contribution in [0.3, 0.4) is 0 Å². The van der Waals surface area contributed by atoms with Crippen LogP contribution in [0.5, 0.6) is 0 Å². The van der Waals surface area contributed by atoms with E-state index in [1.54, 1.807) is 0 Å². The molecular formula is C19H42ClN. The van der Waals surface area contributed by atoms with E-state index in [2.05, 4.69) is 27.9 Å². The highest BCUT2D eigenvalue weighted by Gasteiger charge is 2.13. The van der Waals surface area contributed by atoms with Gasteiger partial charge in [0.1, 0.15) is 0 Å². The molecule has 0 aliphatic rings. The lowest BCUT2D eigenvalue weighted by molar-refractivity contribution is -0.890. The highest BCUT2D eigenvalue weighted by molar-refractivity contribution is 4.48. The zero-order valence-electron chi connectivity index (χ0n) is 15.4. The highest BCUT2D eigenvalue weighted by Crippen LogP contribution is 2.12. The number of hydrogen-bond donors (Lipinski definition) is 0. The van der Waals surface area contributed by atoms with Crippen LogP contribution in [-0.2, 0) is 0 Å². The van der Waals surface area contributed by atoms with Crippen molar-refractivity contribution in [2.75, 3.05) is 27.2 Å². The first kappa shape index (κ1) is 23.5. The standard InChI is InChI=1S/C19H42N.ClH/c1-5-7-9-10-11-12-13-14-15-17-19-20(3,4)18-16-8-6-2;/h5-19H2,1-4H3;1H/q+1;/p-1. The van der Waals surface area contributed by atoms with Crippen molar-refractivity contribution in [3.8, 4) is 0 Å². The van der Waals surface area contributed by atoms with Crippen molar-refractivity contribution in [2.24, 2.45) is 0 Å². The maximum Gasteiger partial charge on any atom is 0.0782 e. The zero-order chi connectivity index (χ0) is 15.1. The number of rotatable bonds is 15. The SMILES string of the molecule is CCCCCCCCCCCC[N+](C)(C)CCCCC.[Cl-]. The van der Waals surface area contributed by atoms with E-state index < -0.39 is 0 Å². The first-order chi connectivity index (χ1) is 9.62. The van der Waals surface area contributed by atoms with Crippen molar-refractivity contribution >= 4 is 0 Å². The van der Waals surface area contributed by atoms with Crippen LogP contribution < -0.4 is 12.4 Å². The molecule has 0 aliphatic carbocycles. The molecule has 0 atom stereocenters. The molecule has 0 saturated carbocycles. The summed E-state index contributed by atoms with van der Waals surface area (Å²) in [6.07, 6.45) is 18.6. The van der Waals surface area contributed by atoms with E-state index >= 15 is 0 Å². The van der Waals surface area contributed by atoms with Gasteiger partial charge >= 0.3 is 0 Å². The summed E-state index contributed by atoms with van der Waals surface area (Å²) in [5, 5.41) is 0. The van der Waals surface area contributed by atoms with Crippen LogP contribution in [0.25, 0.3) is 0 Å². The van der Waals surface area contributed by atoms with Gasteiger partial charge in [-0.15, -0.1) is 0 Å². The lowest BCUT2D eigenvalue weighted by Gasteiger charge is -2.29. The van der Waals surface area contributed by atoms with Crippen molar-refractivity contribution < 1.29 is 16.9 Å². The molecular weight excluding hydrogens is 278 g/mol. The number of halogens is 1. The molecule has 1 nitrogen and oxygen atoms in total. The summed E-state index contributed by atoms with van der Waals surface area (Å²) in [5.74, 6) is 0. The van der Waals surface area contributed by atoms with Gasteiger partial charge in [-0.3, -0.25) is 0 Å². The van der Waals surface area contributed by atoms with Crippen LogP contribution >= 0.6 is 0 Å². The fourth-order valence-electron chi connectivity index (χ4n) is 2.93. The van der Waals surface area contributed by atoms with Gasteiger partial charge in [0.05, 0.1) is 27.2 Å².